The summed E-state index contributed by atoms with van der Waals surface area (Å²) in [6.07, 6.45) is 0.751. The zero-order valence-corrected chi connectivity index (χ0v) is 21.2. The molecule has 0 aromatic heterocycles. The van der Waals surface area contributed by atoms with Crippen LogP contribution in [0.4, 0.5) is 10.5 Å². The lowest BCUT2D eigenvalue weighted by Gasteiger charge is -2.36. The van der Waals surface area contributed by atoms with E-state index < -0.39 is 10.0 Å². The molecule has 0 fully saturated rings. The van der Waals surface area contributed by atoms with E-state index in [1.54, 1.807) is 24.0 Å². The first-order valence-electron chi connectivity index (χ1n) is 10.9. The van der Waals surface area contributed by atoms with E-state index in [2.05, 4.69) is 10.0 Å². The van der Waals surface area contributed by atoms with Gasteiger partial charge in [-0.05, 0) is 32.9 Å². The maximum Gasteiger partial charge on any atom is 0.317 e. The number of rotatable bonds is 4. The summed E-state index contributed by atoms with van der Waals surface area (Å²) in [6, 6.07) is 3.97. The van der Waals surface area contributed by atoms with Gasteiger partial charge in [0.05, 0.1) is 29.7 Å². The van der Waals surface area contributed by atoms with Gasteiger partial charge < -0.3 is 24.6 Å². The number of urea groups is 1. The monoisotopic (exact) mass is 484 g/mol. The summed E-state index contributed by atoms with van der Waals surface area (Å²) in [7, 11) is -0.243. The van der Waals surface area contributed by atoms with Crippen LogP contribution in [0.2, 0.25) is 0 Å². The number of fused-ring (bicyclic) bond motifs is 1. The number of methoxy groups -OCH3 is 1. The maximum atomic E-state index is 13.2. The summed E-state index contributed by atoms with van der Waals surface area (Å²) in [5, 5.41) is 2.93. The predicted molar refractivity (Wildman–Crippen MR) is 127 cm³/mol. The molecule has 0 radical (unpaired) electrons. The molecule has 2 rings (SSSR count). The van der Waals surface area contributed by atoms with Gasteiger partial charge in [-0.15, -0.1) is 0 Å². The van der Waals surface area contributed by atoms with Crippen molar-refractivity contribution >= 4 is 27.6 Å². The van der Waals surface area contributed by atoms with E-state index in [0.717, 1.165) is 6.26 Å². The Labute approximate surface area is 196 Å². The standard InChI is InChI=1S/C22H36N4O6S/c1-14(2)23-22(28)26-11-15(3)20(31-6)12-25(5)21(27)18-9-8-17(24-33(7,29)30)10-19(18)32-13-16(26)4/h8-10,14-16,20,24H,11-13H2,1-7H3,(H,23,28)/t15-,16+,20-/m0/s1. The molecule has 11 heteroatoms. The number of nitrogens with zero attached hydrogens (tertiary/aromatic N) is 2. The summed E-state index contributed by atoms with van der Waals surface area (Å²) < 4.78 is 37.4. The predicted octanol–water partition coefficient (Wildman–Crippen LogP) is 1.98. The first-order valence-corrected chi connectivity index (χ1v) is 12.8. The third-order valence-electron chi connectivity index (χ3n) is 5.42. The molecule has 186 valence electrons. The van der Waals surface area contributed by atoms with Crippen LogP contribution in [-0.2, 0) is 14.8 Å². The third kappa shape index (κ3) is 7.50. The lowest BCUT2D eigenvalue weighted by molar-refractivity contribution is 0.0165. The van der Waals surface area contributed by atoms with Crippen LogP contribution in [0.3, 0.4) is 0 Å². The molecule has 0 unspecified atom stereocenters. The van der Waals surface area contributed by atoms with Crippen LogP contribution in [0.25, 0.3) is 0 Å². The van der Waals surface area contributed by atoms with E-state index in [0.29, 0.717) is 18.7 Å². The molecule has 1 aliphatic rings. The molecule has 0 aliphatic carbocycles. The highest BCUT2D eigenvalue weighted by Crippen LogP contribution is 2.27. The fourth-order valence-corrected chi connectivity index (χ4v) is 4.22. The van der Waals surface area contributed by atoms with Gasteiger partial charge in [0.15, 0.2) is 0 Å². The van der Waals surface area contributed by atoms with Gasteiger partial charge >= 0.3 is 6.03 Å². The van der Waals surface area contributed by atoms with Gasteiger partial charge in [-0.25, -0.2) is 13.2 Å². The Balaban J connectivity index is 2.47. The van der Waals surface area contributed by atoms with Crippen LogP contribution >= 0.6 is 0 Å². The number of carbonyl (C=O) groups is 2. The van der Waals surface area contributed by atoms with Crippen molar-refractivity contribution in [3.05, 3.63) is 23.8 Å². The van der Waals surface area contributed by atoms with Crippen LogP contribution in [0.1, 0.15) is 38.1 Å². The minimum absolute atomic E-state index is 0.0327. The minimum atomic E-state index is -3.51. The highest BCUT2D eigenvalue weighted by atomic mass is 32.2. The zero-order chi connectivity index (χ0) is 24.9. The number of amides is 3. The molecule has 3 atom stereocenters. The van der Waals surface area contributed by atoms with Gasteiger partial charge in [0.25, 0.3) is 5.91 Å². The third-order valence-corrected chi connectivity index (χ3v) is 6.03. The van der Waals surface area contributed by atoms with Crippen LogP contribution in [0.15, 0.2) is 18.2 Å². The molecule has 0 saturated heterocycles. The highest BCUT2D eigenvalue weighted by Gasteiger charge is 2.30. The van der Waals surface area contributed by atoms with Gasteiger partial charge in [-0.1, -0.05) is 6.92 Å². The van der Waals surface area contributed by atoms with Crippen molar-refractivity contribution in [3.8, 4) is 5.75 Å². The summed E-state index contributed by atoms with van der Waals surface area (Å²) in [4.78, 5) is 29.3. The van der Waals surface area contributed by atoms with Gasteiger partial charge in [-0.3, -0.25) is 9.52 Å². The van der Waals surface area contributed by atoms with E-state index in [9.17, 15) is 18.0 Å². The lowest BCUT2D eigenvalue weighted by Crippen LogP contribution is -2.52. The molecule has 33 heavy (non-hydrogen) atoms. The number of nitrogens with one attached hydrogen (secondary N) is 2. The molecule has 2 N–H and O–H groups in total. The number of hydrogen-bond acceptors (Lipinski definition) is 6. The number of benzene rings is 1. The van der Waals surface area contributed by atoms with Crippen molar-refractivity contribution in [2.24, 2.45) is 5.92 Å². The summed E-state index contributed by atoms with van der Waals surface area (Å²) in [6.45, 7) is 8.47. The van der Waals surface area contributed by atoms with E-state index >= 15 is 0 Å². The zero-order valence-electron chi connectivity index (χ0n) is 20.4. The van der Waals surface area contributed by atoms with Crippen LogP contribution < -0.4 is 14.8 Å². The van der Waals surface area contributed by atoms with Crippen molar-refractivity contribution in [1.29, 1.82) is 0 Å². The highest BCUT2D eigenvalue weighted by molar-refractivity contribution is 7.92. The molecule has 10 nitrogen and oxygen atoms in total. The Morgan fingerprint density at radius 3 is 2.48 bits per heavy atom. The van der Waals surface area contributed by atoms with Gasteiger partial charge in [0.2, 0.25) is 10.0 Å². The molecule has 1 heterocycles. The van der Waals surface area contributed by atoms with E-state index in [1.165, 1.54) is 18.2 Å². The number of sulfonamides is 1. The second kappa shape index (κ2) is 11.1. The SMILES string of the molecule is CO[C@H]1CN(C)C(=O)c2ccc(NS(C)(=O)=O)cc2OC[C@@H](C)N(C(=O)NC(C)C)C[C@@H]1C. The summed E-state index contributed by atoms with van der Waals surface area (Å²) >= 11 is 0. The summed E-state index contributed by atoms with van der Waals surface area (Å²) in [5.41, 5.74) is 0.578. The largest absolute Gasteiger partial charge is 0.491 e. The topological polar surface area (TPSA) is 117 Å². The smallest absolute Gasteiger partial charge is 0.317 e. The number of ether oxygens (including phenoxy) is 2. The molecular weight excluding hydrogens is 448 g/mol. The van der Waals surface area contributed by atoms with Crippen molar-refractivity contribution in [3.63, 3.8) is 0 Å². The number of carbonyl (C=O) groups excluding carboxylic acids is 2. The fraction of sp³-hybridized carbons (Fsp3) is 0.636. The van der Waals surface area contributed by atoms with Crippen molar-refractivity contribution < 1.29 is 27.5 Å². The molecule has 0 saturated carbocycles. The number of anilines is 1. The average Bonchev–Trinajstić information content (AvgIpc) is 2.70. The Morgan fingerprint density at radius 2 is 1.91 bits per heavy atom. The van der Waals surface area contributed by atoms with Crippen molar-refractivity contribution in [2.75, 3.05) is 44.8 Å². The first kappa shape index (κ1) is 26.7. The molecule has 1 aromatic carbocycles. The molecule has 0 spiro atoms. The number of likely N-dealkylation sites (N-methyl/N-ethyl adjacent to an activating group) is 1. The Hall–Kier alpha value is -2.53. The lowest BCUT2D eigenvalue weighted by atomic mass is 10.0. The summed E-state index contributed by atoms with van der Waals surface area (Å²) in [5.74, 6) is -0.0854. The first-order chi connectivity index (χ1) is 15.3. The Kier molecular flexibility index (Phi) is 8.96. The van der Waals surface area contributed by atoms with E-state index in [4.69, 9.17) is 9.47 Å². The second-order valence-electron chi connectivity index (χ2n) is 8.94. The molecule has 3 amide bonds. The maximum absolute atomic E-state index is 13.2. The normalized spacial score (nSPS) is 22.7. The van der Waals surface area contributed by atoms with Crippen LogP contribution in [-0.4, -0.2) is 88.5 Å². The fourth-order valence-electron chi connectivity index (χ4n) is 3.66. The van der Waals surface area contributed by atoms with E-state index in [-0.39, 0.29) is 54.1 Å². The quantitative estimate of drug-likeness (QED) is 0.675. The molecule has 1 aromatic rings. The molecule has 1 aliphatic heterocycles. The number of hydrogen-bond donors (Lipinski definition) is 2. The van der Waals surface area contributed by atoms with E-state index in [1.807, 2.05) is 27.7 Å². The van der Waals surface area contributed by atoms with Gasteiger partial charge in [0.1, 0.15) is 12.4 Å². The van der Waals surface area contributed by atoms with Crippen molar-refractivity contribution in [1.82, 2.24) is 15.1 Å². The second-order valence-corrected chi connectivity index (χ2v) is 10.7. The van der Waals surface area contributed by atoms with Crippen LogP contribution in [0.5, 0.6) is 5.75 Å². The Morgan fingerprint density at radius 1 is 1.24 bits per heavy atom. The Bertz CT molecular complexity index is 952. The van der Waals surface area contributed by atoms with Crippen LogP contribution in [0, 0.1) is 5.92 Å². The average molecular weight is 485 g/mol. The molecule has 0 bridgehead atoms. The van der Waals surface area contributed by atoms with Crippen molar-refractivity contribution in [2.45, 2.75) is 45.9 Å². The minimum Gasteiger partial charge on any atom is -0.491 e. The van der Waals surface area contributed by atoms with Gasteiger partial charge in [-0.2, -0.15) is 0 Å². The molecular formula is C22H36N4O6S. The van der Waals surface area contributed by atoms with Gasteiger partial charge in [0, 0.05) is 45.3 Å².